The van der Waals surface area contributed by atoms with Gasteiger partial charge in [0.1, 0.15) is 11.9 Å². The van der Waals surface area contributed by atoms with Crippen LogP contribution in [0.15, 0.2) is 18.2 Å². The number of unbranched alkanes of at least 4 members (excludes halogenated alkanes) is 2. The predicted molar refractivity (Wildman–Crippen MR) is 142 cm³/mol. The van der Waals surface area contributed by atoms with E-state index < -0.39 is 11.9 Å². The van der Waals surface area contributed by atoms with Crippen LogP contribution >= 0.6 is 0 Å². The van der Waals surface area contributed by atoms with Gasteiger partial charge in [-0.05, 0) is 74.8 Å². The molecule has 212 valence electrons. The van der Waals surface area contributed by atoms with E-state index in [0.717, 1.165) is 56.9 Å². The molecule has 1 aromatic rings. The van der Waals surface area contributed by atoms with Crippen LogP contribution in [0.1, 0.15) is 95.1 Å². The third-order valence-electron chi connectivity index (χ3n) is 7.89. The summed E-state index contributed by atoms with van der Waals surface area (Å²) in [5, 5.41) is 10.7. The van der Waals surface area contributed by atoms with Gasteiger partial charge < -0.3 is 24.1 Å². The molecule has 0 spiro atoms. The third kappa shape index (κ3) is 8.45. The largest absolute Gasteiger partial charge is 0.482 e. The zero-order valence-corrected chi connectivity index (χ0v) is 23.1. The second kappa shape index (κ2) is 15.1. The SMILES string of the molecule is CCCCCC(O)CCC1c2c(cccc2OCC(=O)OC)CC2CC(OC(=O)CCC(=O)OCC)CC21. The summed E-state index contributed by atoms with van der Waals surface area (Å²) < 4.78 is 21.4. The number of rotatable bonds is 15. The number of aliphatic hydroxyl groups is 1. The molecule has 3 rings (SSSR count). The molecule has 8 heteroatoms. The van der Waals surface area contributed by atoms with Gasteiger partial charge in [0, 0.05) is 5.56 Å². The molecule has 5 unspecified atom stereocenters. The molecule has 0 radical (unpaired) electrons. The minimum Gasteiger partial charge on any atom is -0.482 e. The number of carbonyl (C=O) groups excluding carboxylic acids is 3. The second-order valence-corrected chi connectivity index (χ2v) is 10.5. The highest BCUT2D eigenvalue weighted by Gasteiger charge is 2.45. The topological polar surface area (TPSA) is 108 Å². The molecule has 0 heterocycles. The Morgan fingerprint density at radius 3 is 2.55 bits per heavy atom. The molecule has 2 aliphatic rings. The van der Waals surface area contributed by atoms with Crippen LogP contribution in [0.4, 0.5) is 0 Å². The van der Waals surface area contributed by atoms with Gasteiger partial charge in [-0.15, -0.1) is 0 Å². The van der Waals surface area contributed by atoms with E-state index in [1.54, 1.807) is 6.92 Å². The fourth-order valence-electron chi connectivity index (χ4n) is 6.12. The zero-order valence-electron chi connectivity index (χ0n) is 23.1. The number of benzene rings is 1. The number of fused-ring (bicyclic) bond motifs is 2. The van der Waals surface area contributed by atoms with Gasteiger partial charge >= 0.3 is 17.9 Å². The Balaban J connectivity index is 1.73. The lowest BCUT2D eigenvalue weighted by atomic mass is 9.68. The number of ether oxygens (including phenoxy) is 4. The van der Waals surface area contributed by atoms with Crippen LogP contribution in [-0.2, 0) is 35.0 Å². The van der Waals surface area contributed by atoms with Gasteiger partial charge in [-0.2, -0.15) is 0 Å². The first-order chi connectivity index (χ1) is 18.4. The number of hydrogen-bond donors (Lipinski definition) is 1. The number of aliphatic hydroxyl groups excluding tert-OH is 1. The van der Waals surface area contributed by atoms with Crippen molar-refractivity contribution in [2.75, 3.05) is 20.3 Å². The molecule has 5 atom stereocenters. The van der Waals surface area contributed by atoms with E-state index in [4.69, 9.17) is 18.9 Å². The molecule has 1 N–H and O–H groups in total. The van der Waals surface area contributed by atoms with E-state index in [9.17, 15) is 19.5 Å². The molecule has 0 saturated heterocycles. The first kappa shape index (κ1) is 29.9. The molecule has 0 aliphatic heterocycles. The van der Waals surface area contributed by atoms with Gasteiger partial charge in [0.15, 0.2) is 6.61 Å². The van der Waals surface area contributed by atoms with Gasteiger partial charge in [0.25, 0.3) is 0 Å². The standard InChI is InChI=1S/C30H44O8/c1-4-6-7-10-22(31)12-13-24-25-18-23(38-28(33)15-14-27(32)36-5-2)17-21(25)16-20-9-8-11-26(30(20)24)37-19-29(34)35-3/h8-9,11,21-25,31H,4-7,10,12-19H2,1-3H3. The average molecular weight is 533 g/mol. The second-order valence-electron chi connectivity index (χ2n) is 10.5. The molecule has 8 nitrogen and oxygen atoms in total. The Hall–Kier alpha value is -2.61. The van der Waals surface area contributed by atoms with Gasteiger partial charge in [0.05, 0.1) is 32.7 Å². The van der Waals surface area contributed by atoms with Crippen molar-refractivity contribution in [3.63, 3.8) is 0 Å². The fourth-order valence-corrected chi connectivity index (χ4v) is 6.12. The maximum atomic E-state index is 12.5. The molecule has 0 bridgehead atoms. The van der Waals surface area contributed by atoms with Crippen molar-refractivity contribution in [1.82, 2.24) is 0 Å². The van der Waals surface area contributed by atoms with Gasteiger partial charge in [0.2, 0.25) is 0 Å². The van der Waals surface area contributed by atoms with Crippen LogP contribution in [0.3, 0.4) is 0 Å². The monoisotopic (exact) mass is 532 g/mol. The summed E-state index contributed by atoms with van der Waals surface area (Å²) in [5.41, 5.74) is 2.29. The van der Waals surface area contributed by atoms with Crippen molar-refractivity contribution in [3.05, 3.63) is 29.3 Å². The van der Waals surface area contributed by atoms with Crippen molar-refractivity contribution in [1.29, 1.82) is 0 Å². The normalized spacial score (nSPS) is 22.6. The van der Waals surface area contributed by atoms with Crippen LogP contribution in [0.25, 0.3) is 0 Å². The fraction of sp³-hybridized carbons (Fsp3) is 0.700. The highest BCUT2D eigenvalue weighted by molar-refractivity contribution is 5.77. The van der Waals surface area contributed by atoms with Crippen molar-refractivity contribution in [2.45, 2.75) is 103 Å². The van der Waals surface area contributed by atoms with Crippen molar-refractivity contribution in [3.8, 4) is 5.75 Å². The van der Waals surface area contributed by atoms with E-state index in [0.29, 0.717) is 24.7 Å². The molecule has 1 saturated carbocycles. The third-order valence-corrected chi connectivity index (χ3v) is 7.89. The summed E-state index contributed by atoms with van der Waals surface area (Å²) in [6, 6.07) is 5.96. The average Bonchev–Trinajstić information content (AvgIpc) is 3.30. The Kier molecular flexibility index (Phi) is 11.9. The first-order valence-corrected chi connectivity index (χ1v) is 14.2. The van der Waals surface area contributed by atoms with Crippen LogP contribution in [-0.4, -0.2) is 55.5 Å². The highest BCUT2D eigenvalue weighted by atomic mass is 16.6. The lowest BCUT2D eigenvalue weighted by molar-refractivity contribution is -0.153. The first-order valence-electron chi connectivity index (χ1n) is 14.2. The maximum Gasteiger partial charge on any atom is 0.343 e. The lowest BCUT2D eigenvalue weighted by Gasteiger charge is -2.37. The van der Waals surface area contributed by atoms with E-state index in [2.05, 4.69) is 13.0 Å². The van der Waals surface area contributed by atoms with Crippen LogP contribution < -0.4 is 4.74 Å². The van der Waals surface area contributed by atoms with Gasteiger partial charge in [-0.25, -0.2) is 4.79 Å². The van der Waals surface area contributed by atoms with Crippen molar-refractivity contribution >= 4 is 17.9 Å². The Labute approximate surface area is 226 Å². The van der Waals surface area contributed by atoms with Gasteiger partial charge in [-0.3, -0.25) is 9.59 Å². The van der Waals surface area contributed by atoms with Crippen molar-refractivity contribution < 1.29 is 38.4 Å². The summed E-state index contributed by atoms with van der Waals surface area (Å²) in [6.45, 7) is 4.02. The van der Waals surface area contributed by atoms with Crippen LogP contribution in [0.5, 0.6) is 5.75 Å². The van der Waals surface area contributed by atoms with E-state index in [1.165, 1.54) is 12.7 Å². The molecule has 0 aromatic heterocycles. The molecular formula is C30H44O8. The van der Waals surface area contributed by atoms with Crippen LogP contribution in [0, 0.1) is 11.8 Å². The Morgan fingerprint density at radius 2 is 1.82 bits per heavy atom. The summed E-state index contributed by atoms with van der Waals surface area (Å²) in [7, 11) is 1.34. The Bertz CT molecular complexity index is 929. The molecule has 0 amide bonds. The smallest absolute Gasteiger partial charge is 0.343 e. The van der Waals surface area contributed by atoms with E-state index >= 15 is 0 Å². The zero-order chi connectivity index (χ0) is 27.5. The minimum atomic E-state index is -0.435. The Morgan fingerprint density at radius 1 is 1.03 bits per heavy atom. The molecule has 1 aromatic carbocycles. The van der Waals surface area contributed by atoms with Crippen LogP contribution in [0.2, 0.25) is 0 Å². The lowest BCUT2D eigenvalue weighted by Crippen LogP contribution is -2.28. The number of hydrogen-bond acceptors (Lipinski definition) is 8. The van der Waals surface area contributed by atoms with E-state index in [-0.39, 0.29) is 49.5 Å². The number of carbonyl (C=O) groups is 3. The number of methoxy groups -OCH3 is 1. The number of esters is 3. The van der Waals surface area contributed by atoms with Crippen molar-refractivity contribution in [2.24, 2.45) is 11.8 Å². The summed E-state index contributed by atoms with van der Waals surface area (Å²) in [6.07, 6.45) is 7.37. The van der Waals surface area contributed by atoms with Gasteiger partial charge in [-0.1, -0.05) is 38.3 Å². The minimum absolute atomic E-state index is 0.0176. The summed E-state index contributed by atoms with van der Waals surface area (Å²) in [4.78, 5) is 35.9. The summed E-state index contributed by atoms with van der Waals surface area (Å²) in [5.74, 6) is 0.240. The molecule has 1 fully saturated rings. The predicted octanol–water partition coefficient (Wildman–Crippen LogP) is 4.88. The molecule has 2 aliphatic carbocycles. The van der Waals surface area contributed by atoms with E-state index in [1.807, 2.05) is 12.1 Å². The highest BCUT2D eigenvalue weighted by Crippen LogP contribution is 2.53. The summed E-state index contributed by atoms with van der Waals surface area (Å²) >= 11 is 0. The molecule has 38 heavy (non-hydrogen) atoms. The molecular weight excluding hydrogens is 488 g/mol. The quantitative estimate of drug-likeness (QED) is 0.193. The maximum absolute atomic E-state index is 12.5.